The van der Waals surface area contributed by atoms with Crippen molar-refractivity contribution in [2.45, 2.75) is 13.5 Å². The van der Waals surface area contributed by atoms with Crippen LogP contribution in [0.2, 0.25) is 0 Å². The predicted molar refractivity (Wildman–Crippen MR) is 74.9 cm³/mol. The van der Waals surface area contributed by atoms with E-state index in [1.165, 1.54) is 0 Å². The summed E-state index contributed by atoms with van der Waals surface area (Å²) in [7, 11) is 0. The zero-order chi connectivity index (χ0) is 13.7. The van der Waals surface area contributed by atoms with Crippen molar-refractivity contribution in [3.05, 3.63) is 69.6 Å². The second-order valence-corrected chi connectivity index (χ2v) is 4.33. The van der Waals surface area contributed by atoms with Crippen LogP contribution >= 0.6 is 0 Å². The highest BCUT2D eigenvalue weighted by molar-refractivity contribution is 5.37. The monoisotopic (exact) mass is 253 g/mol. The van der Waals surface area contributed by atoms with Crippen molar-refractivity contribution in [1.29, 1.82) is 0 Å². The second-order valence-electron chi connectivity index (χ2n) is 4.33. The molecule has 1 aromatic carbocycles. The van der Waals surface area contributed by atoms with Gasteiger partial charge in [0.1, 0.15) is 6.61 Å². The SMILES string of the molecule is Cc1ccn(Cc2cccc(C#CCO)c2)c(=O)c1. The smallest absolute Gasteiger partial charge is 0.251 e. The summed E-state index contributed by atoms with van der Waals surface area (Å²) in [5, 5.41) is 8.68. The summed E-state index contributed by atoms with van der Waals surface area (Å²) in [4.78, 5) is 11.8. The lowest BCUT2D eigenvalue weighted by Crippen LogP contribution is -2.19. The van der Waals surface area contributed by atoms with Crippen LogP contribution in [0.1, 0.15) is 16.7 Å². The molecule has 2 aromatic rings. The van der Waals surface area contributed by atoms with Crippen molar-refractivity contribution in [2.75, 3.05) is 6.61 Å². The summed E-state index contributed by atoms with van der Waals surface area (Å²) < 4.78 is 1.66. The van der Waals surface area contributed by atoms with E-state index in [1.54, 1.807) is 16.8 Å². The highest BCUT2D eigenvalue weighted by atomic mass is 16.2. The lowest BCUT2D eigenvalue weighted by molar-refractivity contribution is 0.350. The maximum absolute atomic E-state index is 11.8. The molecule has 1 aromatic heterocycles. The number of rotatable bonds is 2. The molecule has 96 valence electrons. The third kappa shape index (κ3) is 3.57. The van der Waals surface area contributed by atoms with Gasteiger partial charge in [0.15, 0.2) is 0 Å². The number of aryl methyl sites for hydroxylation is 1. The van der Waals surface area contributed by atoms with E-state index in [4.69, 9.17) is 5.11 Å². The Balaban J connectivity index is 2.26. The van der Waals surface area contributed by atoms with Gasteiger partial charge >= 0.3 is 0 Å². The van der Waals surface area contributed by atoms with Gasteiger partial charge < -0.3 is 9.67 Å². The molecule has 2 rings (SSSR count). The summed E-state index contributed by atoms with van der Waals surface area (Å²) in [6.45, 7) is 2.27. The van der Waals surface area contributed by atoms with Gasteiger partial charge in [-0.2, -0.15) is 0 Å². The van der Waals surface area contributed by atoms with Gasteiger partial charge in [0.25, 0.3) is 5.56 Å². The molecule has 0 aliphatic carbocycles. The van der Waals surface area contributed by atoms with Gasteiger partial charge in [-0.25, -0.2) is 0 Å². The molecule has 0 saturated carbocycles. The van der Waals surface area contributed by atoms with Crippen LogP contribution in [0.25, 0.3) is 0 Å². The molecule has 3 heteroatoms. The molecular formula is C16H15NO2. The van der Waals surface area contributed by atoms with Crippen LogP contribution < -0.4 is 5.56 Å². The Hall–Kier alpha value is -2.31. The van der Waals surface area contributed by atoms with Crippen LogP contribution in [0.4, 0.5) is 0 Å². The Labute approximate surface area is 112 Å². The van der Waals surface area contributed by atoms with Crippen molar-refractivity contribution in [3.63, 3.8) is 0 Å². The quantitative estimate of drug-likeness (QED) is 0.825. The van der Waals surface area contributed by atoms with Gasteiger partial charge in [-0.15, -0.1) is 0 Å². The maximum Gasteiger partial charge on any atom is 0.251 e. The minimum absolute atomic E-state index is 0.00755. The zero-order valence-electron chi connectivity index (χ0n) is 10.8. The number of aliphatic hydroxyl groups is 1. The van der Waals surface area contributed by atoms with Gasteiger partial charge in [-0.3, -0.25) is 4.79 Å². The van der Waals surface area contributed by atoms with E-state index in [1.807, 2.05) is 37.3 Å². The first-order valence-corrected chi connectivity index (χ1v) is 6.05. The second kappa shape index (κ2) is 6.03. The lowest BCUT2D eigenvalue weighted by Gasteiger charge is -2.06. The number of hydrogen-bond donors (Lipinski definition) is 1. The largest absolute Gasteiger partial charge is 0.384 e. The average molecular weight is 253 g/mol. The predicted octanol–water partition coefficient (Wildman–Crippen LogP) is 1.55. The number of nitrogens with zero attached hydrogens (tertiary/aromatic N) is 1. The molecule has 0 fully saturated rings. The minimum atomic E-state index is -0.151. The Kier molecular flexibility index (Phi) is 4.17. The van der Waals surface area contributed by atoms with Gasteiger partial charge in [-0.1, -0.05) is 24.0 Å². The highest BCUT2D eigenvalue weighted by Crippen LogP contribution is 2.05. The van der Waals surface area contributed by atoms with E-state index in [0.717, 1.165) is 16.7 Å². The fourth-order valence-corrected chi connectivity index (χ4v) is 1.82. The van der Waals surface area contributed by atoms with E-state index in [0.29, 0.717) is 6.54 Å². The summed E-state index contributed by atoms with van der Waals surface area (Å²) >= 11 is 0. The lowest BCUT2D eigenvalue weighted by atomic mass is 10.1. The molecule has 0 aliphatic rings. The Bertz CT molecular complexity index is 690. The number of aromatic nitrogens is 1. The molecule has 0 spiro atoms. The highest BCUT2D eigenvalue weighted by Gasteiger charge is 1.99. The summed E-state index contributed by atoms with van der Waals surface area (Å²) in [6.07, 6.45) is 1.80. The zero-order valence-corrected chi connectivity index (χ0v) is 10.8. The summed E-state index contributed by atoms with van der Waals surface area (Å²) in [5.74, 6) is 5.47. The first-order valence-electron chi connectivity index (χ1n) is 6.05. The Morgan fingerprint density at radius 3 is 2.84 bits per heavy atom. The number of benzene rings is 1. The number of pyridine rings is 1. The molecule has 0 saturated heterocycles. The molecule has 0 amide bonds. The molecule has 0 atom stereocenters. The van der Waals surface area contributed by atoms with Crippen molar-refractivity contribution in [2.24, 2.45) is 0 Å². The Morgan fingerprint density at radius 1 is 1.26 bits per heavy atom. The molecule has 1 heterocycles. The fraction of sp³-hybridized carbons (Fsp3) is 0.188. The maximum atomic E-state index is 11.8. The Morgan fingerprint density at radius 2 is 2.11 bits per heavy atom. The van der Waals surface area contributed by atoms with Crippen LogP contribution in [-0.2, 0) is 6.54 Å². The van der Waals surface area contributed by atoms with E-state index in [2.05, 4.69) is 11.8 Å². The summed E-state index contributed by atoms with van der Waals surface area (Å²) in [6, 6.07) is 11.2. The first kappa shape index (κ1) is 13.1. The van der Waals surface area contributed by atoms with Gasteiger partial charge in [0.2, 0.25) is 0 Å². The van der Waals surface area contributed by atoms with Gasteiger partial charge in [-0.05, 0) is 36.2 Å². The molecule has 0 unspecified atom stereocenters. The van der Waals surface area contributed by atoms with Crippen molar-refractivity contribution < 1.29 is 5.11 Å². The summed E-state index contributed by atoms with van der Waals surface area (Å²) in [5.41, 5.74) is 2.80. The van der Waals surface area contributed by atoms with Gasteiger partial charge in [0.05, 0.1) is 6.54 Å². The average Bonchev–Trinajstić information content (AvgIpc) is 2.40. The van der Waals surface area contributed by atoms with Gasteiger partial charge in [0, 0.05) is 17.8 Å². The van der Waals surface area contributed by atoms with Crippen molar-refractivity contribution in [1.82, 2.24) is 4.57 Å². The normalized spacial score (nSPS) is 9.79. The van der Waals surface area contributed by atoms with Crippen LogP contribution in [0.3, 0.4) is 0 Å². The molecule has 19 heavy (non-hydrogen) atoms. The molecule has 1 N–H and O–H groups in total. The third-order valence-corrected chi connectivity index (χ3v) is 2.74. The van der Waals surface area contributed by atoms with Crippen molar-refractivity contribution in [3.8, 4) is 11.8 Å². The standard InChI is InChI=1S/C16H15NO2/c1-13-7-8-17(16(19)10-13)12-15-5-2-4-14(11-15)6-3-9-18/h2,4-5,7-8,10-11,18H,9,12H2,1H3. The number of aliphatic hydroxyl groups excluding tert-OH is 1. The molecule has 0 radical (unpaired) electrons. The first-order chi connectivity index (χ1) is 9.19. The van der Waals surface area contributed by atoms with Crippen molar-refractivity contribution >= 4 is 0 Å². The van der Waals surface area contributed by atoms with E-state index >= 15 is 0 Å². The van der Waals surface area contributed by atoms with Crippen LogP contribution in [0.15, 0.2) is 47.4 Å². The third-order valence-electron chi connectivity index (χ3n) is 2.74. The molecule has 0 bridgehead atoms. The van der Waals surface area contributed by atoms with Crippen LogP contribution in [0, 0.1) is 18.8 Å². The van der Waals surface area contributed by atoms with Crippen LogP contribution in [0.5, 0.6) is 0 Å². The molecule has 3 nitrogen and oxygen atoms in total. The fourth-order valence-electron chi connectivity index (χ4n) is 1.82. The topological polar surface area (TPSA) is 42.2 Å². The van der Waals surface area contributed by atoms with Crippen LogP contribution in [-0.4, -0.2) is 16.3 Å². The minimum Gasteiger partial charge on any atom is -0.384 e. The van der Waals surface area contributed by atoms with E-state index < -0.39 is 0 Å². The van der Waals surface area contributed by atoms with E-state index in [-0.39, 0.29) is 12.2 Å². The van der Waals surface area contributed by atoms with E-state index in [9.17, 15) is 4.79 Å². The molecular weight excluding hydrogens is 238 g/mol. The molecule has 0 aliphatic heterocycles. The number of hydrogen-bond acceptors (Lipinski definition) is 2.